The molecular weight excluding hydrogens is 256 g/mol. The Bertz CT molecular complexity index is 740. The number of allylic oxidation sites excluding steroid dienone is 1. The fourth-order valence-electron chi connectivity index (χ4n) is 1.81. The van der Waals surface area contributed by atoms with E-state index in [0.717, 1.165) is 11.1 Å². The van der Waals surface area contributed by atoms with Crippen LogP contribution in [0.25, 0.3) is 5.65 Å². The predicted molar refractivity (Wildman–Crippen MR) is 75.4 cm³/mol. The smallest absolute Gasteiger partial charge is 0.331 e. The van der Waals surface area contributed by atoms with Gasteiger partial charge in [0, 0.05) is 18.3 Å². The van der Waals surface area contributed by atoms with Gasteiger partial charge in [0.15, 0.2) is 0 Å². The average molecular weight is 272 g/mol. The first-order valence-electron chi connectivity index (χ1n) is 6.27. The van der Waals surface area contributed by atoms with Gasteiger partial charge in [-0.3, -0.25) is 9.20 Å². The summed E-state index contributed by atoms with van der Waals surface area (Å²) < 4.78 is 6.53. The molecule has 104 valence electrons. The molecule has 0 aliphatic heterocycles. The Morgan fingerprint density at radius 2 is 2.20 bits per heavy atom. The molecule has 20 heavy (non-hydrogen) atoms. The molecule has 0 saturated heterocycles. The Hall–Kier alpha value is -2.43. The third-order valence-electron chi connectivity index (χ3n) is 2.71. The Morgan fingerprint density at radius 3 is 2.90 bits per heavy atom. The van der Waals surface area contributed by atoms with Crippen LogP contribution in [0.2, 0.25) is 0 Å². The number of rotatable bonds is 3. The van der Waals surface area contributed by atoms with Crippen LogP contribution in [0.5, 0.6) is 0 Å². The molecule has 0 fully saturated rings. The zero-order chi connectivity index (χ0) is 14.7. The molecule has 0 bridgehead atoms. The van der Waals surface area contributed by atoms with E-state index in [1.165, 1.54) is 16.5 Å². The van der Waals surface area contributed by atoms with Crippen molar-refractivity contribution in [3.63, 3.8) is 0 Å². The molecule has 0 aliphatic carbocycles. The standard InChI is InChI=1S/C15H16N2O3/c1-10(2)7-14(19)20-9-12-8-13(18)17-6-4-5-11(3)15(17)16-12/h4-8H,9H2,1-3H3. The lowest BCUT2D eigenvalue weighted by molar-refractivity contribution is -0.139. The molecule has 0 aromatic carbocycles. The van der Waals surface area contributed by atoms with E-state index >= 15 is 0 Å². The number of aryl methyl sites for hydroxylation is 1. The van der Waals surface area contributed by atoms with Crippen LogP contribution in [-0.4, -0.2) is 15.4 Å². The predicted octanol–water partition coefficient (Wildman–Crippen LogP) is 2.01. The number of ether oxygens (including phenoxy) is 1. The van der Waals surface area contributed by atoms with Gasteiger partial charge in [-0.2, -0.15) is 0 Å². The zero-order valence-corrected chi connectivity index (χ0v) is 11.7. The molecule has 2 aromatic heterocycles. The minimum atomic E-state index is -0.434. The summed E-state index contributed by atoms with van der Waals surface area (Å²) in [7, 11) is 0. The Balaban J connectivity index is 2.28. The quantitative estimate of drug-likeness (QED) is 0.633. The van der Waals surface area contributed by atoms with Crippen LogP contribution < -0.4 is 5.56 Å². The van der Waals surface area contributed by atoms with Crippen molar-refractivity contribution in [2.75, 3.05) is 0 Å². The van der Waals surface area contributed by atoms with Gasteiger partial charge in [0.25, 0.3) is 5.56 Å². The molecule has 5 heteroatoms. The van der Waals surface area contributed by atoms with E-state index < -0.39 is 5.97 Å². The van der Waals surface area contributed by atoms with Gasteiger partial charge in [-0.25, -0.2) is 9.78 Å². The third kappa shape index (κ3) is 3.12. The van der Waals surface area contributed by atoms with Gasteiger partial charge in [0.2, 0.25) is 0 Å². The zero-order valence-electron chi connectivity index (χ0n) is 11.7. The fraction of sp³-hybridized carbons (Fsp3) is 0.267. The van der Waals surface area contributed by atoms with Crippen molar-refractivity contribution in [2.45, 2.75) is 27.4 Å². The second-order valence-electron chi connectivity index (χ2n) is 4.80. The van der Waals surface area contributed by atoms with Gasteiger partial charge < -0.3 is 4.74 Å². The summed E-state index contributed by atoms with van der Waals surface area (Å²) >= 11 is 0. The lowest BCUT2D eigenvalue weighted by Gasteiger charge is -2.06. The molecule has 0 unspecified atom stereocenters. The van der Waals surface area contributed by atoms with Gasteiger partial charge in [-0.1, -0.05) is 11.6 Å². The molecule has 0 saturated carbocycles. The molecule has 0 aliphatic rings. The Kier molecular flexibility index (Phi) is 3.98. The van der Waals surface area contributed by atoms with Gasteiger partial charge in [-0.15, -0.1) is 0 Å². The number of carbonyl (C=O) groups excluding carboxylic acids is 1. The van der Waals surface area contributed by atoms with Crippen molar-refractivity contribution in [3.05, 3.63) is 57.7 Å². The maximum atomic E-state index is 11.9. The number of aromatic nitrogens is 2. The molecule has 0 spiro atoms. The molecule has 0 atom stereocenters. The number of nitrogens with zero attached hydrogens (tertiary/aromatic N) is 2. The van der Waals surface area contributed by atoms with Crippen LogP contribution in [0, 0.1) is 6.92 Å². The highest BCUT2D eigenvalue weighted by atomic mass is 16.5. The largest absolute Gasteiger partial charge is 0.456 e. The van der Waals surface area contributed by atoms with E-state index in [9.17, 15) is 9.59 Å². The highest BCUT2D eigenvalue weighted by Gasteiger charge is 2.06. The molecule has 0 radical (unpaired) electrons. The summed E-state index contributed by atoms with van der Waals surface area (Å²) in [6.45, 7) is 5.49. The number of carbonyl (C=O) groups is 1. The van der Waals surface area contributed by atoms with Crippen molar-refractivity contribution < 1.29 is 9.53 Å². The van der Waals surface area contributed by atoms with Crippen LogP contribution in [0.4, 0.5) is 0 Å². The minimum Gasteiger partial charge on any atom is -0.456 e. The van der Waals surface area contributed by atoms with Crippen LogP contribution >= 0.6 is 0 Å². The van der Waals surface area contributed by atoms with Crippen LogP contribution in [0.3, 0.4) is 0 Å². The highest BCUT2D eigenvalue weighted by molar-refractivity contribution is 5.82. The average Bonchev–Trinajstić information content (AvgIpc) is 2.37. The molecular formula is C15H16N2O3. The van der Waals surface area contributed by atoms with Crippen molar-refractivity contribution in [3.8, 4) is 0 Å². The second-order valence-corrected chi connectivity index (χ2v) is 4.80. The molecule has 0 N–H and O–H groups in total. The number of pyridine rings is 1. The number of esters is 1. The third-order valence-corrected chi connectivity index (χ3v) is 2.71. The maximum absolute atomic E-state index is 11.9. The number of fused-ring (bicyclic) bond motifs is 1. The summed E-state index contributed by atoms with van der Waals surface area (Å²) in [5, 5.41) is 0. The number of hydrogen-bond donors (Lipinski definition) is 0. The monoisotopic (exact) mass is 272 g/mol. The Labute approximate surface area is 116 Å². The van der Waals surface area contributed by atoms with Crippen molar-refractivity contribution >= 4 is 11.6 Å². The van der Waals surface area contributed by atoms with E-state index in [0.29, 0.717) is 11.3 Å². The van der Waals surface area contributed by atoms with Crippen molar-refractivity contribution in [2.24, 2.45) is 0 Å². The lowest BCUT2D eigenvalue weighted by atomic mass is 10.3. The van der Waals surface area contributed by atoms with Gasteiger partial charge >= 0.3 is 5.97 Å². The van der Waals surface area contributed by atoms with Crippen molar-refractivity contribution in [1.82, 2.24) is 9.38 Å². The molecule has 2 aromatic rings. The first-order chi connectivity index (χ1) is 9.47. The molecule has 2 heterocycles. The van der Waals surface area contributed by atoms with E-state index in [1.807, 2.05) is 26.8 Å². The SMILES string of the molecule is CC(C)=CC(=O)OCc1cc(=O)n2cccc(C)c2n1. The van der Waals surface area contributed by atoms with Crippen LogP contribution in [0.15, 0.2) is 40.8 Å². The first kappa shape index (κ1) is 14.0. The minimum absolute atomic E-state index is 0.0112. The highest BCUT2D eigenvalue weighted by Crippen LogP contribution is 2.06. The van der Waals surface area contributed by atoms with Crippen LogP contribution in [0.1, 0.15) is 25.1 Å². The molecule has 2 rings (SSSR count). The van der Waals surface area contributed by atoms with Gasteiger partial charge in [0.1, 0.15) is 12.3 Å². The fourth-order valence-corrected chi connectivity index (χ4v) is 1.81. The van der Waals surface area contributed by atoms with Gasteiger partial charge in [0.05, 0.1) is 5.69 Å². The summed E-state index contributed by atoms with van der Waals surface area (Å²) in [6, 6.07) is 5.04. The van der Waals surface area contributed by atoms with E-state index in [2.05, 4.69) is 4.98 Å². The topological polar surface area (TPSA) is 60.7 Å². The summed E-state index contributed by atoms with van der Waals surface area (Å²) in [6.07, 6.45) is 3.07. The molecule has 0 amide bonds. The van der Waals surface area contributed by atoms with E-state index in [4.69, 9.17) is 4.74 Å². The normalized spacial score (nSPS) is 10.3. The lowest BCUT2D eigenvalue weighted by Crippen LogP contribution is -2.17. The molecule has 5 nitrogen and oxygen atoms in total. The summed E-state index contributed by atoms with van der Waals surface area (Å²) in [5.41, 5.74) is 2.58. The van der Waals surface area contributed by atoms with Gasteiger partial charge in [-0.05, 0) is 32.4 Å². The van der Waals surface area contributed by atoms with Crippen molar-refractivity contribution in [1.29, 1.82) is 0 Å². The first-order valence-corrected chi connectivity index (χ1v) is 6.27. The summed E-state index contributed by atoms with van der Waals surface area (Å²) in [5.74, 6) is -0.434. The summed E-state index contributed by atoms with van der Waals surface area (Å²) in [4.78, 5) is 27.7. The Morgan fingerprint density at radius 1 is 1.45 bits per heavy atom. The maximum Gasteiger partial charge on any atom is 0.331 e. The van der Waals surface area contributed by atoms with E-state index in [1.54, 1.807) is 12.3 Å². The van der Waals surface area contributed by atoms with E-state index in [-0.39, 0.29) is 12.2 Å². The van der Waals surface area contributed by atoms with Crippen LogP contribution in [-0.2, 0) is 16.1 Å². The number of hydrogen-bond acceptors (Lipinski definition) is 4. The second kappa shape index (κ2) is 5.69.